The first-order chi connectivity index (χ1) is 7.84. The Balaban J connectivity index is 2.62. The molecule has 1 heterocycles. The van der Waals surface area contributed by atoms with Gasteiger partial charge in [0.1, 0.15) is 12.1 Å². The molecule has 1 saturated heterocycles. The standard InChI is InChI=1S/C10H18N4O3/c1-5(11)9(16)13-7-3-4-14(10(7)17)6(2)8(12)15/h5-7H,3-4,11H2,1-2H3,(H2,12,15)(H,13,16)/t5-,6-,7-/m0/s1. The summed E-state index contributed by atoms with van der Waals surface area (Å²) in [4.78, 5) is 35.6. The molecular formula is C10H18N4O3. The number of likely N-dealkylation sites (tertiary alicyclic amines) is 1. The average Bonchev–Trinajstić information content (AvgIpc) is 2.59. The molecule has 3 amide bonds. The quantitative estimate of drug-likeness (QED) is 0.524. The van der Waals surface area contributed by atoms with Crippen LogP contribution in [0.4, 0.5) is 0 Å². The maximum absolute atomic E-state index is 11.9. The highest BCUT2D eigenvalue weighted by Gasteiger charge is 2.37. The monoisotopic (exact) mass is 242 g/mol. The van der Waals surface area contributed by atoms with E-state index in [0.29, 0.717) is 13.0 Å². The van der Waals surface area contributed by atoms with Crippen molar-refractivity contribution < 1.29 is 14.4 Å². The minimum Gasteiger partial charge on any atom is -0.368 e. The van der Waals surface area contributed by atoms with E-state index < -0.39 is 24.0 Å². The average molecular weight is 242 g/mol. The minimum absolute atomic E-state index is 0.287. The van der Waals surface area contributed by atoms with E-state index in [1.54, 1.807) is 13.8 Å². The zero-order valence-electron chi connectivity index (χ0n) is 9.97. The lowest BCUT2D eigenvalue weighted by atomic mass is 10.2. The number of hydrogen-bond acceptors (Lipinski definition) is 4. The van der Waals surface area contributed by atoms with Crippen LogP contribution in [0.3, 0.4) is 0 Å². The van der Waals surface area contributed by atoms with Crippen LogP contribution in [0.1, 0.15) is 20.3 Å². The number of nitrogens with zero attached hydrogens (tertiary/aromatic N) is 1. The number of rotatable bonds is 4. The molecule has 1 rings (SSSR count). The molecule has 0 saturated carbocycles. The Morgan fingerprint density at radius 3 is 2.53 bits per heavy atom. The first kappa shape index (κ1) is 13.4. The molecule has 0 unspecified atom stereocenters. The topological polar surface area (TPSA) is 119 Å². The molecule has 1 aliphatic rings. The lowest BCUT2D eigenvalue weighted by molar-refractivity contribution is -0.137. The largest absolute Gasteiger partial charge is 0.368 e. The molecule has 17 heavy (non-hydrogen) atoms. The van der Waals surface area contributed by atoms with Gasteiger partial charge in [-0.2, -0.15) is 0 Å². The predicted octanol–water partition coefficient (Wildman–Crippen LogP) is -2.08. The van der Waals surface area contributed by atoms with E-state index in [1.165, 1.54) is 4.90 Å². The second-order valence-electron chi connectivity index (χ2n) is 4.25. The second-order valence-corrected chi connectivity index (χ2v) is 4.25. The maximum Gasteiger partial charge on any atom is 0.245 e. The van der Waals surface area contributed by atoms with E-state index in [-0.39, 0.29) is 11.8 Å². The summed E-state index contributed by atoms with van der Waals surface area (Å²) in [5.41, 5.74) is 10.5. The van der Waals surface area contributed by atoms with E-state index in [2.05, 4.69) is 5.32 Å². The van der Waals surface area contributed by atoms with E-state index >= 15 is 0 Å². The van der Waals surface area contributed by atoms with Crippen molar-refractivity contribution in [1.82, 2.24) is 10.2 Å². The fraction of sp³-hybridized carbons (Fsp3) is 0.700. The van der Waals surface area contributed by atoms with Crippen molar-refractivity contribution >= 4 is 17.7 Å². The molecule has 0 aromatic heterocycles. The van der Waals surface area contributed by atoms with Gasteiger partial charge in [-0.15, -0.1) is 0 Å². The van der Waals surface area contributed by atoms with Gasteiger partial charge in [0, 0.05) is 6.54 Å². The Labute approximate surface area is 99.5 Å². The van der Waals surface area contributed by atoms with Crippen molar-refractivity contribution in [3.8, 4) is 0 Å². The van der Waals surface area contributed by atoms with Crippen LogP contribution in [0.15, 0.2) is 0 Å². The summed E-state index contributed by atoms with van der Waals surface area (Å²) in [5, 5.41) is 2.54. The van der Waals surface area contributed by atoms with Crippen molar-refractivity contribution in [2.75, 3.05) is 6.54 Å². The molecule has 0 bridgehead atoms. The highest BCUT2D eigenvalue weighted by atomic mass is 16.2. The molecule has 0 aliphatic carbocycles. The first-order valence-electron chi connectivity index (χ1n) is 5.50. The van der Waals surface area contributed by atoms with Crippen LogP contribution in [-0.2, 0) is 14.4 Å². The van der Waals surface area contributed by atoms with Gasteiger partial charge in [-0.3, -0.25) is 14.4 Å². The number of carbonyl (C=O) groups is 3. The van der Waals surface area contributed by atoms with Crippen LogP contribution in [0.2, 0.25) is 0 Å². The highest BCUT2D eigenvalue weighted by Crippen LogP contribution is 2.14. The van der Waals surface area contributed by atoms with Gasteiger partial charge in [-0.25, -0.2) is 0 Å². The SMILES string of the molecule is C[C@H](N)C(=O)N[C@H]1CCN([C@@H](C)C(N)=O)C1=O. The van der Waals surface area contributed by atoms with Crippen LogP contribution in [0, 0.1) is 0 Å². The number of nitrogens with two attached hydrogens (primary N) is 2. The zero-order valence-corrected chi connectivity index (χ0v) is 9.97. The summed E-state index contributed by atoms with van der Waals surface area (Å²) in [7, 11) is 0. The Bertz CT molecular complexity index is 342. The number of carbonyl (C=O) groups excluding carboxylic acids is 3. The van der Waals surface area contributed by atoms with Gasteiger partial charge in [0.2, 0.25) is 17.7 Å². The Morgan fingerprint density at radius 1 is 1.47 bits per heavy atom. The first-order valence-corrected chi connectivity index (χ1v) is 5.50. The van der Waals surface area contributed by atoms with Crippen molar-refractivity contribution in [1.29, 1.82) is 0 Å². The van der Waals surface area contributed by atoms with Crippen LogP contribution in [-0.4, -0.2) is 47.3 Å². The van der Waals surface area contributed by atoms with Gasteiger partial charge < -0.3 is 21.7 Å². The van der Waals surface area contributed by atoms with E-state index in [1.807, 2.05) is 0 Å². The Morgan fingerprint density at radius 2 is 2.06 bits per heavy atom. The third-order valence-electron chi connectivity index (χ3n) is 2.85. The van der Waals surface area contributed by atoms with Crippen molar-refractivity contribution in [3.63, 3.8) is 0 Å². The molecule has 0 aromatic rings. The van der Waals surface area contributed by atoms with Crippen LogP contribution >= 0.6 is 0 Å². The lowest BCUT2D eigenvalue weighted by Crippen LogP contribution is -2.50. The number of hydrogen-bond donors (Lipinski definition) is 3. The minimum atomic E-state index is -0.662. The van der Waals surface area contributed by atoms with Gasteiger partial charge in [0.05, 0.1) is 6.04 Å². The van der Waals surface area contributed by atoms with E-state index in [9.17, 15) is 14.4 Å². The summed E-state index contributed by atoms with van der Waals surface area (Å²) in [5.74, 6) is -1.22. The number of nitrogens with one attached hydrogen (secondary N) is 1. The molecule has 5 N–H and O–H groups in total. The summed E-state index contributed by atoms with van der Waals surface area (Å²) in [6.45, 7) is 3.52. The molecular weight excluding hydrogens is 224 g/mol. The maximum atomic E-state index is 11.9. The van der Waals surface area contributed by atoms with Gasteiger partial charge in [0.25, 0.3) is 0 Å². The van der Waals surface area contributed by atoms with Gasteiger partial charge >= 0.3 is 0 Å². The molecule has 3 atom stereocenters. The van der Waals surface area contributed by atoms with E-state index in [0.717, 1.165) is 0 Å². The summed E-state index contributed by atoms with van der Waals surface area (Å²) < 4.78 is 0. The molecule has 0 spiro atoms. The molecule has 1 fully saturated rings. The number of amides is 3. The van der Waals surface area contributed by atoms with Gasteiger partial charge in [0.15, 0.2) is 0 Å². The smallest absolute Gasteiger partial charge is 0.245 e. The number of primary amides is 1. The fourth-order valence-electron chi connectivity index (χ4n) is 1.68. The summed E-state index contributed by atoms with van der Waals surface area (Å²) >= 11 is 0. The molecule has 0 aromatic carbocycles. The molecule has 0 radical (unpaired) electrons. The molecule has 7 heteroatoms. The fourth-order valence-corrected chi connectivity index (χ4v) is 1.68. The Kier molecular flexibility index (Phi) is 4.06. The highest BCUT2D eigenvalue weighted by molar-refractivity contribution is 5.93. The zero-order chi connectivity index (χ0) is 13.2. The summed E-state index contributed by atoms with van der Waals surface area (Å²) in [6.07, 6.45) is 0.467. The van der Waals surface area contributed by atoms with Gasteiger partial charge in [-0.05, 0) is 20.3 Å². The van der Waals surface area contributed by atoms with Crippen LogP contribution in [0.5, 0.6) is 0 Å². The molecule has 7 nitrogen and oxygen atoms in total. The van der Waals surface area contributed by atoms with Gasteiger partial charge in [-0.1, -0.05) is 0 Å². The van der Waals surface area contributed by atoms with Crippen LogP contribution < -0.4 is 16.8 Å². The van der Waals surface area contributed by atoms with Crippen molar-refractivity contribution in [2.24, 2.45) is 11.5 Å². The van der Waals surface area contributed by atoms with Crippen molar-refractivity contribution in [2.45, 2.75) is 38.4 Å². The third-order valence-corrected chi connectivity index (χ3v) is 2.85. The molecule has 1 aliphatic heterocycles. The molecule has 96 valence electrons. The van der Waals surface area contributed by atoms with Crippen molar-refractivity contribution in [3.05, 3.63) is 0 Å². The summed E-state index contributed by atoms with van der Waals surface area (Å²) in [6, 6.07) is -1.92. The predicted molar refractivity (Wildman–Crippen MR) is 60.6 cm³/mol. The Hall–Kier alpha value is -1.63. The lowest BCUT2D eigenvalue weighted by Gasteiger charge is -2.22. The van der Waals surface area contributed by atoms with Crippen LogP contribution in [0.25, 0.3) is 0 Å². The normalized spacial score (nSPS) is 23.4. The second kappa shape index (κ2) is 5.13. The van der Waals surface area contributed by atoms with E-state index in [4.69, 9.17) is 11.5 Å². The third kappa shape index (κ3) is 2.94.